The normalized spacial score (nSPS) is 10.5. The Bertz CT molecular complexity index is 699. The average molecular weight is 348 g/mol. The van der Waals surface area contributed by atoms with Crippen LogP contribution in [0.3, 0.4) is 0 Å². The molecule has 1 aromatic heterocycles. The summed E-state index contributed by atoms with van der Waals surface area (Å²) in [6, 6.07) is 9.33. The highest BCUT2D eigenvalue weighted by molar-refractivity contribution is 9.10. The number of carbonyl (C=O) groups excluding carboxylic acids is 1. The zero-order valence-electron chi connectivity index (χ0n) is 10.7. The molecule has 0 aliphatic rings. The molecule has 1 aromatic carbocycles. The minimum absolute atomic E-state index is 0.00920. The molecular formula is C14H10BrN3O3. The van der Waals surface area contributed by atoms with Crippen LogP contribution in [0.2, 0.25) is 0 Å². The second-order valence-electron chi connectivity index (χ2n) is 4.03. The number of rotatable bonds is 4. The number of hydrogen-bond acceptors (Lipinski definition) is 4. The minimum Gasteiger partial charge on any atom is -0.307 e. The molecule has 0 radical (unpaired) electrons. The summed E-state index contributed by atoms with van der Waals surface area (Å²) in [6.07, 6.45) is 4.47. The highest BCUT2D eigenvalue weighted by Gasteiger charge is 2.03. The highest BCUT2D eigenvalue weighted by Crippen LogP contribution is 2.14. The van der Waals surface area contributed by atoms with Gasteiger partial charge in [-0.1, -0.05) is 15.9 Å². The molecule has 106 valence electrons. The number of nitro groups is 1. The second kappa shape index (κ2) is 6.76. The number of aromatic nitrogens is 1. The lowest BCUT2D eigenvalue weighted by atomic mass is 10.2. The van der Waals surface area contributed by atoms with E-state index in [4.69, 9.17) is 0 Å². The Morgan fingerprint density at radius 1 is 1.29 bits per heavy atom. The molecule has 0 unspecified atom stereocenters. The molecule has 0 spiro atoms. The molecule has 21 heavy (non-hydrogen) atoms. The Balaban J connectivity index is 2.00. The standard InChI is InChI=1S/C14H10BrN3O3/c15-11-7-8-16-13(9-11)17-14(19)6-3-10-1-4-12(5-2-10)18(20)21/h1-9H,(H,16,17,19)/b6-3+. The van der Waals surface area contributed by atoms with Crippen LogP contribution in [-0.2, 0) is 4.79 Å². The first-order valence-corrected chi connectivity index (χ1v) is 6.69. The maximum atomic E-state index is 11.7. The lowest BCUT2D eigenvalue weighted by Gasteiger charge is -2.00. The number of halogens is 1. The maximum Gasteiger partial charge on any atom is 0.269 e. The van der Waals surface area contributed by atoms with Crippen molar-refractivity contribution in [1.82, 2.24) is 4.98 Å². The molecule has 0 fully saturated rings. The SMILES string of the molecule is O=C(/C=C/c1ccc([N+](=O)[O-])cc1)Nc1cc(Br)ccn1. The zero-order chi connectivity index (χ0) is 15.2. The molecular weight excluding hydrogens is 338 g/mol. The monoisotopic (exact) mass is 347 g/mol. The lowest BCUT2D eigenvalue weighted by Crippen LogP contribution is -2.08. The highest BCUT2D eigenvalue weighted by atomic mass is 79.9. The number of benzene rings is 1. The van der Waals surface area contributed by atoms with Gasteiger partial charge < -0.3 is 5.32 Å². The number of pyridine rings is 1. The van der Waals surface area contributed by atoms with Crippen molar-refractivity contribution in [2.24, 2.45) is 0 Å². The van der Waals surface area contributed by atoms with Crippen molar-refractivity contribution in [3.63, 3.8) is 0 Å². The van der Waals surface area contributed by atoms with Gasteiger partial charge >= 0.3 is 0 Å². The fourth-order valence-electron chi connectivity index (χ4n) is 1.52. The third kappa shape index (κ3) is 4.50. The number of hydrogen-bond donors (Lipinski definition) is 1. The minimum atomic E-state index is -0.473. The van der Waals surface area contributed by atoms with Crippen molar-refractivity contribution in [2.75, 3.05) is 5.32 Å². The number of nitrogens with one attached hydrogen (secondary N) is 1. The topological polar surface area (TPSA) is 85.1 Å². The number of anilines is 1. The van der Waals surface area contributed by atoms with E-state index in [-0.39, 0.29) is 11.6 Å². The van der Waals surface area contributed by atoms with Crippen LogP contribution >= 0.6 is 15.9 Å². The van der Waals surface area contributed by atoms with Crippen molar-refractivity contribution in [1.29, 1.82) is 0 Å². The van der Waals surface area contributed by atoms with Crippen molar-refractivity contribution in [3.8, 4) is 0 Å². The van der Waals surface area contributed by atoms with Crippen molar-refractivity contribution >= 4 is 39.4 Å². The smallest absolute Gasteiger partial charge is 0.269 e. The van der Waals surface area contributed by atoms with Crippen LogP contribution in [0.25, 0.3) is 6.08 Å². The van der Waals surface area contributed by atoms with E-state index in [1.165, 1.54) is 18.2 Å². The van der Waals surface area contributed by atoms with Crippen molar-refractivity contribution in [2.45, 2.75) is 0 Å². The predicted octanol–water partition coefficient (Wildman–Crippen LogP) is 3.40. The average Bonchev–Trinajstić information content (AvgIpc) is 2.45. The molecule has 0 saturated carbocycles. The Kier molecular flexibility index (Phi) is 4.78. The molecule has 0 aliphatic carbocycles. The molecule has 0 bridgehead atoms. The summed E-state index contributed by atoms with van der Waals surface area (Å²) in [5.74, 6) is 0.0988. The van der Waals surface area contributed by atoms with E-state index >= 15 is 0 Å². The van der Waals surface area contributed by atoms with Crippen LogP contribution < -0.4 is 5.32 Å². The Morgan fingerprint density at radius 2 is 2.00 bits per heavy atom. The lowest BCUT2D eigenvalue weighted by molar-refractivity contribution is -0.384. The molecule has 1 N–H and O–H groups in total. The van der Waals surface area contributed by atoms with Gasteiger partial charge in [0.1, 0.15) is 5.82 Å². The number of amides is 1. The molecule has 0 saturated heterocycles. The first-order valence-electron chi connectivity index (χ1n) is 5.90. The molecule has 2 aromatic rings. The summed E-state index contributed by atoms with van der Waals surface area (Å²) >= 11 is 3.28. The number of nitro benzene ring substituents is 1. The first kappa shape index (κ1) is 14.9. The van der Waals surface area contributed by atoms with E-state index in [0.29, 0.717) is 11.4 Å². The number of non-ortho nitro benzene ring substituents is 1. The van der Waals surface area contributed by atoms with E-state index in [1.54, 1.807) is 36.5 Å². The largest absolute Gasteiger partial charge is 0.307 e. The molecule has 0 aliphatic heterocycles. The maximum absolute atomic E-state index is 11.7. The van der Waals surface area contributed by atoms with E-state index in [9.17, 15) is 14.9 Å². The van der Waals surface area contributed by atoms with E-state index < -0.39 is 4.92 Å². The molecule has 1 amide bonds. The summed E-state index contributed by atoms with van der Waals surface area (Å²) in [7, 11) is 0. The summed E-state index contributed by atoms with van der Waals surface area (Å²) in [6.45, 7) is 0. The fraction of sp³-hybridized carbons (Fsp3) is 0. The predicted molar refractivity (Wildman–Crippen MR) is 82.7 cm³/mol. The fourth-order valence-corrected chi connectivity index (χ4v) is 1.86. The van der Waals surface area contributed by atoms with Crippen LogP contribution in [-0.4, -0.2) is 15.8 Å². The molecule has 0 atom stereocenters. The molecule has 7 heteroatoms. The first-order chi connectivity index (χ1) is 10.0. The summed E-state index contributed by atoms with van der Waals surface area (Å²) in [5.41, 5.74) is 0.702. The van der Waals surface area contributed by atoms with Gasteiger partial charge in [0.15, 0.2) is 0 Å². The van der Waals surface area contributed by atoms with Crippen LogP contribution in [0.4, 0.5) is 11.5 Å². The van der Waals surface area contributed by atoms with Gasteiger partial charge in [0.05, 0.1) is 4.92 Å². The van der Waals surface area contributed by atoms with Crippen LogP contribution in [0.1, 0.15) is 5.56 Å². The van der Waals surface area contributed by atoms with Gasteiger partial charge in [0.25, 0.3) is 5.69 Å². The van der Waals surface area contributed by atoms with E-state index in [2.05, 4.69) is 26.2 Å². The third-order valence-corrected chi connectivity index (χ3v) is 3.00. The van der Waals surface area contributed by atoms with Crippen LogP contribution in [0.5, 0.6) is 0 Å². The van der Waals surface area contributed by atoms with Gasteiger partial charge in [-0.3, -0.25) is 14.9 Å². The third-order valence-electron chi connectivity index (χ3n) is 2.50. The van der Waals surface area contributed by atoms with Gasteiger partial charge in [-0.25, -0.2) is 4.98 Å². The van der Waals surface area contributed by atoms with Crippen molar-refractivity contribution < 1.29 is 9.72 Å². The summed E-state index contributed by atoms with van der Waals surface area (Å²) < 4.78 is 0.812. The quantitative estimate of drug-likeness (QED) is 0.521. The zero-order valence-corrected chi connectivity index (χ0v) is 12.3. The van der Waals surface area contributed by atoms with Gasteiger partial charge in [-0.2, -0.15) is 0 Å². The second-order valence-corrected chi connectivity index (χ2v) is 4.95. The van der Waals surface area contributed by atoms with Gasteiger partial charge in [-0.05, 0) is 35.9 Å². The number of nitrogens with zero attached hydrogens (tertiary/aromatic N) is 2. The Hall–Kier alpha value is -2.54. The van der Waals surface area contributed by atoms with Gasteiger partial charge in [0, 0.05) is 28.9 Å². The Morgan fingerprint density at radius 3 is 2.62 bits per heavy atom. The Labute approximate surface area is 128 Å². The van der Waals surface area contributed by atoms with E-state index in [0.717, 1.165) is 4.47 Å². The van der Waals surface area contributed by atoms with Gasteiger partial charge in [-0.15, -0.1) is 0 Å². The van der Waals surface area contributed by atoms with Gasteiger partial charge in [0.2, 0.25) is 5.91 Å². The summed E-state index contributed by atoms with van der Waals surface area (Å²) in [5, 5.41) is 13.1. The van der Waals surface area contributed by atoms with E-state index in [1.807, 2.05) is 0 Å². The van der Waals surface area contributed by atoms with Crippen LogP contribution in [0.15, 0.2) is 53.1 Å². The molecule has 6 nitrogen and oxygen atoms in total. The summed E-state index contributed by atoms with van der Waals surface area (Å²) in [4.78, 5) is 25.8. The van der Waals surface area contributed by atoms with Crippen molar-refractivity contribution in [3.05, 3.63) is 68.8 Å². The number of carbonyl (C=O) groups is 1. The van der Waals surface area contributed by atoms with Crippen LogP contribution in [0, 0.1) is 10.1 Å². The molecule has 2 rings (SSSR count). The molecule has 1 heterocycles.